The number of carbonyl (C=O) groups excluding carboxylic acids is 1. The maximum absolute atomic E-state index is 14.5. The van der Waals surface area contributed by atoms with Crippen LogP contribution in [0.3, 0.4) is 0 Å². The Morgan fingerprint density at radius 2 is 1.73 bits per heavy atom. The SMILES string of the molecule is CCCOc1ccc(-c2cc(C(C(=O)OCCCCN(C)C)n3cc4nc(-c5cccc(F)c5F)nc-4cn3)on2)c(C(F)(F)F)c1.Cl.Cl. The quantitative estimate of drug-likeness (QED) is 0.0691. The van der Waals surface area contributed by atoms with Crippen LogP contribution in [0.25, 0.3) is 34.0 Å². The Kier molecular flexibility index (Phi) is 13.4. The highest BCUT2D eigenvalue weighted by Gasteiger charge is 2.36. The van der Waals surface area contributed by atoms with Crippen molar-refractivity contribution in [2.45, 2.75) is 38.4 Å². The second-order valence-electron chi connectivity index (χ2n) is 10.9. The van der Waals surface area contributed by atoms with Gasteiger partial charge in [-0.05, 0) is 70.2 Å². The second-order valence-corrected chi connectivity index (χ2v) is 10.9. The molecule has 2 aliphatic heterocycles. The monoisotopic (exact) mass is 730 g/mol. The number of unbranched alkanes of at least 4 members (excludes halogenated alkanes) is 1. The zero-order valence-corrected chi connectivity index (χ0v) is 28.2. The summed E-state index contributed by atoms with van der Waals surface area (Å²) in [5.74, 6) is -3.24. The van der Waals surface area contributed by atoms with Crippen molar-refractivity contribution in [3.05, 3.63) is 77.8 Å². The van der Waals surface area contributed by atoms with Gasteiger partial charge in [0.2, 0.25) is 6.04 Å². The third kappa shape index (κ3) is 9.22. The van der Waals surface area contributed by atoms with E-state index in [1.165, 1.54) is 42.7 Å². The number of ether oxygens (including phenoxy) is 2. The van der Waals surface area contributed by atoms with Crippen LogP contribution in [0.15, 0.2) is 59.4 Å². The molecule has 0 radical (unpaired) electrons. The van der Waals surface area contributed by atoms with Crippen molar-refractivity contribution in [2.75, 3.05) is 33.9 Å². The number of hydrogen-bond donors (Lipinski definition) is 0. The number of benzene rings is 2. The van der Waals surface area contributed by atoms with E-state index in [9.17, 15) is 26.7 Å². The topological polar surface area (TPSA) is 108 Å². The smallest absolute Gasteiger partial charge is 0.417 e. The fourth-order valence-electron chi connectivity index (χ4n) is 4.75. The van der Waals surface area contributed by atoms with E-state index in [1.807, 2.05) is 25.9 Å². The third-order valence-corrected chi connectivity index (χ3v) is 7.05. The molecular weight excluding hydrogens is 698 g/mol. The van der Waals surface area contributed by atoms with Crippen LogP contribution in [-0.2, 0) is 15.7 Å². The number of nitrogens with zero attached hydrogens (tertiary/aromatic N) is 6. The summed E-state index contributed by atoms with van der Waals surface area (Å²) >= 11 is 0. The van der Waals surface area contributed by atoms with Gasteiger partial charge in [-0.3, -0.25) is 0 Å². The molecule has 1 aromatic heterocycles. The van der Waals surface area contributed by atoms with E-state index in [1.54, 1.807) is 0 Å². The summed E-state index contributed by atoms with van der Waals surface area (Å²) in [6.45, 7) is 2.90. The van der Waals surface area contributed by atoms with E-state index < -0.39 is 35.4 Å². The molecule has 5 rings (SSSR count). The predicted molar refractivity (Wildman–Crippen MR) is 174 cm³/mol. The summed E-state index contributed by atoms with van der Waals surface area (Å²) in [5.41, 5.74) is -1.25. The highest BCUT2D eigenvalue weighted by Crippen LogP contribution is 2.40. The van der Waals surface area contributed by atoms with Crippen LogP contribution in [0, 0.1) is 11.6 Å². The highest BCUT2D eigenvalue weighted by atomic mass is 35.5. The highest BCUT2D eigenvalue weighted by molar-refractivity contribution is 5.85. The predicted octanol–water partition coefficient (Wildman–Crippen LogP) is 7.50. The fourth-order valence-corrected chi connectivity index (χ4v) is 4.75. The van der Waals surface area contributed by atoms with Gasteiger partial charge in [-0.2, -0.15) is 18.3 Å². The number of carbonyl (C=O) groups is 1. The lowest BCUT2D eigenvalue weighted by molar-refractivity contribution is -0.147. The lowest BCUT2D eigenvalue weighted by atomic mass is 10.0. The number of esters is 1. The largest absolute Gasteiger partial charge is 0.494 e. The first-order chi connectivity index (χ1) is 22.5. The van der Waals surface area contributed by atoms with Gasteiger partial charge in [0, 0.05) is 11.6 Å². The number of fused-ring (bicyclic) bond motifs is 1. The van der Waals surface area contributed by atoms with E-state index in [0.717, 1.165) is 29.8 Å². The molecule has 17 heteroatoms. The molecule has 2 aromatic carbocycles. The molecule has 0 saturated heterocycles. The molecule has 3 aromatic rings. The van der Waals surface area contributed by atoms with Crippen molar-refractivity contribution in [3.63, 3.8) is 0 Å². The second kappa shape index (κ2) is 16.9. The van der Waals surface area contributed by atoms with Crippen molar-refractivity contribution in [2.24, 2.45) is 0 Å². The molecule has 3 heterocycles. The van der Waals surface area contributed by atoms with Gasteiger partial charge < -0.3 is 18.9 Å². The summed E-state index contributed by atoms with van der Waals surface area (Å²) in [6.07, 6.45) is -0.261. The normalized spacial score (nSPS) is 12.0. The third-order valence-electron chi connectivity index (χ3n) is 7.05. The summed E-state index contributed by atoms with van der Waals surface area (Å²) in [6, 6.07) is 6.87. The Bertz CT molecular complexity index is 1820. The van der Waals surface area contributed by atoms with Crippen LogP contribution in [0.5, 0.6) is 5.75 Å². The summed E-state index contributed by atoms with van der Waals surface area (Å²) < 4.78 is 88.1. The molecule has 0 fully saturated rings. The van der Waals surface area contributed by atoms with Crippen molar-refractivity contribution in [1.82, 2.24) is 29.8 Å². The first-order valence-corrected chi connectivity index (χ1v) is 14.7. The fraction of sp³-hybridized carbons (Fsp3) is 0.344. The first-order valence-electron chi connectivity index (χ1n) is 14.7. The van der Waals surface area contributed by atoms with Crippen molar-refractivity contribution in [1.29, 1.82) is 0 Å². The van der Waals surface area contributed by atoms with Crippen molar-refractivity contribution < 1.29 is 40.7 Å². The number of halogens is 7. The number of alkyl halides is 3. The van der Waals surface area contributed by atoms with Crippen LogP contribution < -0.4 is 4.74 Å². The zero-order valence-electron chi connectivity index (χ0n) is 26.5. The Labute approximate surface area is 290 Å². The molecule has 1 unspecified atom stereocenters. The van der Waals surface area contributed by atoms with Crippen LogP contribution >= 0.6 is 24.8 Å². The molecule has 0 amide bonds. The summed E-state index contributed by atoms with van der Waals surface area (Å²) in [5, 5.41) is 8.11. The molecule has 0 saturated carbocycles. The number of rotatable bonds is 13. The maximum Gasteiger partial charge on any atom is 0.417 e. The van der Waals surface area contributed by atoms with Gasteiger partial charge in [0.1, 0.15) is 22.8 Å². The van der Waals surface area contributed by atoms with Crippen LogP contribution in [0.4, 0.5) is 22.0 Å². The molecule has 0 bridgehead atoms. The molecule has 49 heavy (non-hydrogen) atoms. The van der Waals surface area contributed by atoms with E-state index in [4.69, 9.17) is 14.0 Å². The molecule has 1 atom stereocenters. The van der Waals surface area contributed by atoms with Crippen LogP contribution in [-0.4, -0.2) is 69.6 Å². The first kappa shape index (κ1) is 39.1. The zero-order chi connectivity index (χ0) is 33.7. The average Bonchev–Trinajstić information content (AvgIpc) is 3.68. The average molecular weight is 732 g/mol. The molecule has 0 aliphatic carbocycles. The van der Waals surface area contributed by atoms with Crippen molar-refractivity contribution >= 4 is 30.8 Å². The van der Waals surface area contributed by atoms with Gasteiger partial charge in [-0.15, -0.1) is 24.8 Å². The van der Waals surface area contributed by atoms with Gasteiger partial charge in [-0.25, -0.2) is 28.2 Å². The van der Waals surface area contributed by atoms with Gasteiger partial charge >= 0.3 is 12.1 Å². The van der Waals surface area contributed by atoms with Gasteiger partial charge in [0.25, 0.3) is 0 Å². The summed E-state index contributed by atoms with van der Waals surface area (Å²) in [4.78, 5) is 24.0. The van der Waals surface area contributed by atoms with Gasteiger partial charge in [-0.1, -0.05) is 18.1 Å². The molecule has 0 spiro atoms. The molecular formula is C32H33Cl2F5N6O4. The van der Waals surface area contributed by atoms with E-state index in [-0.39, 0.29) is 83.6 Å². The Balaban J connectivity index is 0.00000325. The lowest BCUT2D eigenvalue weighted by Gasteiger charge is -2.16. The number of hydrogen-bond acceptors (Lipinski definition) is 9. The Morgan fingerprint density at radius 3 is 2.45 bits per heavy atom. The van der Waals surface area contributed by atoms with E-state index >= 15 is 0 Å². The molecule has 2 aliphatic rings. The standard InChI is InChI=1S/C32H31F5N6O4.2ClH/c1-4-13-45-19-10-11-20(22(15-19)32(35,36)37)24-16-27(47-41-24)29(31(44)46-14-6-5-12-42(2)3)43-18-26-25(17-38-43)39-30(40-26)21-8-7-9-23(33)28(21)34;;/h7-11,15-18,29H,4-6,12-14H2,1-3H3;2*1H. The Morgan fingerprint density at radius 1 is 0.980 bits per heavy atom. The minimum atomic E-state index is -4.75. The van der Waals surface area contributed by atoms with Crippen molar-refractivity contribution in [3.8, 4) is 39.8 Å². The van der Waals surface area contributed by atoms with Gasteiger partial charge in [0.05, 0.1) is 36.7 Å². The van der Waals surface area contributed by atoms with Crippen LogP contribution in [0.2, 0.25) is 0 Å². The van der Waals surface area contributed by atoms with Gasteiger partial charge in [0.15, 0.2) is 23.2 Å². The summed E-state index contributed by atoms with van der Waals surface area (Å²) in [7, 11) is 3.83. The van der Waals surface area contributed by atoms with E-state index in [0.29, 0.717) is 12.8 Å². The lowest BCUT2D eigenvalue weighted by Crippen LogP contribution is -2.25. The Hall–Kier alpha value is -4.34. The number of imidazole rings is 1. The molecule has 0 N–H and O–H groups in total. The van der Waals surface area contributed by atoms with Crippen LogP contribution in [0.1, 0.15) is 43.6 Å². The molecule has 264 valence electrons. The van der Waals surface area contributed by atoms with E-state index in [2.05, 4.69) is 20.2 Å². The molecule has 10 nitrogen and oxygen atoms in total. The minimum absolute atomic E-state index is 0. The maximum atomic E-state index is 14.5. The number of aromatic nitrogens is 5. The minimum Gasteiger partial charge on any atom is -0.494 e.